The zero-order chi connectivity index (χ0) is 22.1. The van der Waals surface area contributed by atoms with Gasteiger partial charge in [-0.1, -0.05) is 42.5 Å². The van der Waals surface area contributed by atoms with E-state index in [1.165, 1.54) is 19.2 Å². The molecule has 2 atom stereocenters. The van der Waals surface area contributed by atoms with Gasteiger partial charge < -0.3 is 14.5 Å². The Labute approximate surface area is 185 Å². The highest BCUT2D eigenvalue weighted by atomic mass is 19.1. The van der Waals surface area contributed by atoms with Crippen LogP contribution in [0.1, 0.15) is 28.4 Å². The minimum absolute atomic E-state index is 0.263. The SMILES string of the molecule is COC(=O)C1Cc2c([nH]c3cc(F)ccc23)C(c2ccc(OCc3ccccc3)cc2)N1. The van der Waals surface area contributed by atoms with Crippen molar-refractivity contribution in [1.29, 1.82) is 0 Å². The number of esters is 1. The Balaban J connectivity index is 1.45. The maximum Gasteiger partial charge on any atom is 0.323 e. The summed E-state index contributed by atoms with van der Waals surface area (Å²) in [6.45, 7) is 0.490. The third-order valence-corrected chi connectivity index (χ3v) is 5.91. The first kappa shape index (κ1) is 20.3. The van der Waals surface area contributed by atoms with Crippen molar-refractivity contribution < 1.29 is 18.7 Å². The maximum absolute atomic E-state index is 13.8. The number of halogens is 1. The van der Waals surface area contributed by atoms with Crippen molar-refractivity contribution in [2.24, 2.45) is 0 Å². The van der Waals surface area contributed by atoms with Crippen LogP contribution in [0.3, 0.4) is 0 Å². The van der Waals surface area contributed by atoms with Crippen LogP contribution in [0.15, 0.2) is 72.8 Å². The predicted octanol–water partition coefficient (Wildman–Crippen LogP) is 4.66. The van der Waals surface area contributed by atoms with Crippen LogP contribution in [0.2, 0.25) is 0 Å². The minimum atomic E-state index is -0.490. The molecule has 0 bridgehead atoms. The van der Waals surface area contributed by atoms with Crippen LogP contribution < -0.4 is 10.1 Å². The lowest BCUT2D eigenvalue weighted by atomic mass is 9.90. The lowest BCUT2D eigenvalue weighted by Crippen LogP contribution is -2.45. The highest BCUT2D eigenvalue weighted by molar-refractivity contribution is 5.87. The molecule has 0 saturated carbocycles. The summed E-state index contributed by atoms with van der Waals surface area (Å²) in [6.07, 6.45) is 0.475. The number of H-pyrrole nitrogens is 1. The zero-order valence-electron chi connectivity index (χ0n) is 17.6. The van der Waals surface area contributed by atoms with Gasteiger partial charge >= 0.3 is 5.97 Å². The lowest BCUT2D eigenvalue weighted by molar-refractivity contribution is -0.143. The normalized spacial score (nSPS) is 17.7. The number of nitrogens with one attached hydrogen (secondary N) is 2. The Kier molecular flexibility index (Phi) is 5.37. The van der Waals surface area contributed by atoms with E-state index in [2.05, 4.69) is 10.3 Å². The van der Waals surface area contributed by atoms with Crippen LogP contribution in [0.25, 0.3) is 10.9 Å². The number of carbonyl (C=O) groups excluding carboxylic acids is 1. The Morgan fingerprint density at radius 3 is 2.59 bits per heavy atom. The van der Waals surface area contributed by atoms with Crippen LogP contribution >= 0.6 is 0 Å². The Morgan fingerprint density at radius 1 is 1.06 bits per heavy atom. The van der Waals surface area contributed by atoms with Crippen molar-refractivity contribution in [3.63, 3.8) is 0 Å². The molecule has 0 aliphatic carbocycles. The van der Waals surface area contributed by atoms with Crippen molar-refractivity contribution in [3.05, 3.63) is 101 Å². The van der Waals surface area contributed by atoms with Crippen molar-refractivity contribution >= 4 is 16.9 Å². The van der Waals surface area contributed by atoms with Gasteiger partial charge in [0.25, 0.3) is 0 Å². The first-order valence-corrected chi connectivity index (χ1v) is 10.5. The van der Waals surface area contributed by atoms with Crippen LogP contribution in [0.4, 0.5) is 4.39 Å². The van der Waals surface area contributed by atoms with E-state index in [9.17, 15) is 9.18 Å². The summed E-state index contributed by atoms with van der Waals surface area (Å²) < 4.78 is 24.7. The van der Waals surface area contributed by atoms with E-state index < -0.39 is 6.04 Å². The number of methoxy groups -OCH3 is 1. The predicted molar refractivity (Wildman–Crippen MR) is 120 cm³/mol. The number of rotatable bonds is 5. The Morgan fingerprint density at radius 2 is 1.84 bits per heavy atom. The number of benzene rings is 3. The Bertz CT molecular complexity index is 1250. The van der Waals surface area contributed by atoms with Gasteiger partial charge in [0.2, 0.25) is 0 Å². The second-order valence-electron chi connectivity index (χ2n) is 7.93. The standard InChI is InChI=1S/C26H23FN2O3/c1-31-26(30)23-14-21-20-12-9-18(27)13-22(20)28-25(21)24(29-23)17-7-10-19(11-8-17)32-15-16-5-3-2-4-6-16/h2-13,23-24,28-29H,14-15H2,1H3. The molecule has 5 rings (SSSR count). The number of ether oxygens (including phenoxy) is 2. The van der Waals surface area contributed by atoms with E-state index in [0.717, 1.165) is 39.0 Å². The largest absolute Gasteiger partial charge is 0.489 e. The van der Waals surface area contributed by atoms with E-state index >= 15 is 0 Å². The second kappa shape index (κ2) is 8.48. The summed E-state index contributed by atoms with van der Waals surface area (Å²) in [6, 6.07) is 21.7. The minimum Gasteiger partial charge on any atom is -0.489 e. The van der Waals surface area contributed by atoms with Gasteiger partial charge in [0.1, 0.15) is 24.2 Å². The number of carbonyl (C=O) groups is 1. The fourth-order valence-electron chi connectivity index (χ4n) is 4.32. The van der Waals surface area contributed by atoms with Gasteiger partial charge in [0.15, 0.2) is 0 Å². The molecule has 32 heavy (non-hydrogen) atoms. The topological polar surface area (TPSA) is 63.4 Å². The molecular weight excluding hydrogens is 407 g/mol. The molecule has 0 radical (unpaired) electrons. The molecule has 2 N–H and O–H groups in total. The van der Waals surface area contributed by atoms with Crippen molar-refractivity contribution in [1.82, 2.24) is 10.3 Å². The van der Waals surface area contributed by atoms with Crippen LogP contribution in [-0.2, 0) is 22.6 Å². The van der Waals surface area contributed by atoms with Gasteiger partial charge in [-0.3, -0.25) is 10.1 Å². The molecule has 6 heteroatoms. The smallest absolute Gasteiger partial charge is 0.323 e. The zero-order valence-corrected chi connectivity index (χ0v) is 17.6. The quantitative estimate of drug-likeness (QED) is 0.452. The van der Waals surface area contributed by atoms with Gasteiger partial charge in [0, 0.05) is 23.0 Å². The summed E-state index contributed by atoms with van der Waals surface area (Å²) in [7, 11) is 1.39. The fraction of sp³-hybridized carbons (Fsp3) is 0.192. The molecule has 0 spiro atoms. The van der Waals surface area contributed by atoms with Crippen molar-refractivity contribution in [2.75, 3.05) is 7.11 Å². The molecule has 5 nitrogen and oxygen atoms in total. The van der Waals surface area contributed by atoms with Gasteiger partial charge in [0.05, 0.1) is 13.2 Å². The highest BCUT2D eigenvalue weighted by Gasteiger charge is 2.34. The molecule has 3 aromatic carbocycles. The molecule has 0 saturated heterocycles. The molecular formula is C26H23FN2O3. The van der Waals surface area contributed by atoms with E-state index in [0.29, 0.717) is 13.0 Å². The summed E-state index contributed by atoms with van der Waals surface area (Å²) in [4.78, 5) is 15.7. The summed E-state index contributed by atoms with van der Waals surface area (Å²) in [5.74, 6) is 0.141. The number of fused-ring (bicyclic) bond motifs is 3. The third-order valence-electron chi connectivity index (χ3n) is 5.91. The van der Waals surface area contributed by atoms with E-state index in [1.807, 2.05) is 54.6 Å². The molecule has 0 amide bonds. The fourth-order valence-corrected chi connectivity index (χ4v) is 4.32. The molecule has 0 fully saturated rings. The van der Waals surface area contributed by atoms with E-state index in [4.69, 9.17) is 9.47 Å². The number of aromatic nitrogens is 1. The van der Waals surface area contributed by atoms with Gasteiger partial charge in [-0.15, -0.1) is 0 Å². The third kappa shape index (κ3) is 3.85. The van der Waals surface area contributed by atoms with Crippen LogP contribution in [0.5, 0.6) is 5.75 Å². The van der Waals surface area contributed by atoms with E-state index in [-0.39, 0.29) is 17.8 Å². The van der Waals surface area contributed by atoms with Crippen LogP contribution in [0, 0.1) is 5.82 Å². The first-order chi connectivity index (χ1) is 15.6. The van der Waals surface area contributed by atoms with Crippen molar-refractivity contribution in [2.45, 2.75) is 25.1 Å². The number of hydrogen-bond acceptors (Lipinski definition) is 4. The molecule has 1 aliphatic heterocycles. The monoisotopic (exact) mass is 430 g/mol. The van der Waals surface area contributed by atoms with E-state index in [1.54, 1.807) is 6.07 Å². The maximum atomic E-state index is 13.8. The summed E-state index contributed by atoms with van der Waals surface area (Å²) in [5.41, 5.74) is 4.72. The molecule has 4 aromatic rings. The molecule has 1 aliphatic rings. The first-order valence-electron chi connectivity index (χ1n) is 10.5. The van der Waals surface area contributed by atoms with Crippen LogP contribution in [-0.4, -0.2) is 24.1 Å². The summed E-state index contributed by atoms with van der Waals surface area (Å²) in [5, 5.41) is 4.31. The molecule has 1 aromatic heterocycles. The average Bonchev–Trinajstić information content (AvgIpc) is 3.20. The Hall–Kier alpha value is -3.64. The number of aromatic amines is 1. The number of hydrogen-bond donors (Lipinski definition) is 2. The lowest BCUT2D eigenvalue weighted by Gasteiger charge is -2.30. The average molecular weight is 430 g/mol. The van der Waals surface area contributed by atoms with Crippen molar-refractivity contribution in [3.8, 4) is 5.75 Å². The molecule has 2 heterocycles. The van der Waals surface area contributed by atoms with Gasteiger partial charge in [-0.2, -0.15) is 0 Å². The molecule has 162 valence electrons. The highest BCUT2D eigenvalue weighted by Crippen LogP contribution is 2.36. The van der Waals surface area contributed by atoms with Gasteiger partial charge in [-0.25, -0.2) is 4.39 Å². The second-order valence-corrected chi connectivity index (χ2v) is 7.93. The summed E-state index contributed by atoms with van der Waals surface area (Å²) >= 11 is 0. The molecule has 2 unspecified atom stereocenters. The van der Waals surface area contributed by atoms with Gasteiger partial charge in [-0.05, 0) is 47.0 Å².